The van der Waals surface area contributed by atoms with Crippen LogP contribution >= 0.6 is 0 Å². The lowest BCUT2D eigenvalue weighted by molar-refractivity contribution is -0.137. The highest BCUT2D eigenvalue weighted by molar-refractivity contribution is 6.15. The molecule has 5 rings (SSSR count). The maximum atomic E-state index is 13.7. The molecule has 1 aliphatic heterocycles. The van der Waals surface area contributed by atoms with Gasteiger partial charge in [-0.2, -0.15) is 13.2 Å². The summed E-state index contributed by atoms with van der Waals surface area (Å²) < 4.78 is 43.0. The average Bonchev–Trinajstić information content (AvgIpc) is 3.21. The largest absolute Gasteiger partial charge is 0.416 e. The second-order valence-corrected chi connectivity index (χ2v) is 8.34. The van der Waals surface area contributed by atoms with Crippen molar-refractivity contribution in [1.82, 2.24) is 20.1 Å². The third-order valence-corrected chi connectivity index (χ3v) is 6.11. The van der Waals surface area contributed by atoms with Crippen LogP contribution in [0.3, 0.4) is 0 Å². The number of alkyl halides is 3. The van der Waals surface area contributed by atoms with E-state index in [0.717, 1.165) is 23.7 Å². The minimum atomic E-state index is -4.47. The molecule has 8 heteroatoms. The van der Waals surface area contributed by atoms with Crippen molar-refractivity contribution < 1.29 is 13.2 Å². The molecule has 5 nitrogen and oxygen atoms in total. The molecule has 0 amide bonds. The van der Waals surface area contributed by atoms with E-state index in [4.69, 9.17) is 4.99 Å². The predicted octanol–water partition coefficient (Wildman–Crippen LogP) is 5.38. The van der Waals surface area contributed by atoms with Crippen LogP contribution in [-0.4, -0.2) is 33.6 Å². The van der Waals surface area contributed by atoms with E-state index in [1.807, 2.05) is 72.2 Å². The van der Waals surface area contributed by atoms with Gasteiger partial charge in [0.05, 0.1) is 22.9 Å². The van der Waals surface area contributed by atoms with Crippen LogP contribution in [0.15, 0.2) is 83.9 Å². The minimum Gasteiger partial charge on any atom is -0.316 e. The number of nitrogens with one attached hydrogen (secondary N) is 1. The summed E-state index contributed by atoms with van der Waals surface area (Å²) in [7, 11) is 0. The van der Waals surface area contributed by atoms with Crippen LogP contribution < -0.4 is 5.32 Å². The third kappa shape index (κ3) is 4.49. The highest BCUT2D eigenvalue weighted by Crippen LogP contribution is 2.35. The van der Waals surface area contributed by atoms with E-state index in [-0.39, 0.29) is 12.5 Å². The Hall–Kier alpha value is -3.78. The van der Waals surface area contributed by atoms with Gasteiger partial charge in [-0.1, -0.05) is 67.6 Å². The van der Waals surface area contributed by atoms with Crippen molar-refractivity contribution in [2.45, 2.75) is 25.6 Å². The Morgan fingerprint density at radius 1 is 0.943 bits per heavy atom. The molecule has 2 heterocycles. The normalized spacial score (nSPS) is 14.0. The van der Waals surface area contributed by atoms with E-state index in [9.17, 15) is 13.2 Å². The molecule has 0 fully saturated rings. The zero-order chi connectivity index (χ0) is 24.4. The molecule has 1 N–H and O–H groups in total. The second kappa shape index (κ2) is 9.46. The molecule has 35 heavy (non-hydrogen) atoms. The lowest BCUT2D eigenvalue weighted by atomic mass is 9.96. The summed E-state index contributed by atoms with van der Waals surface area (Å²) >= 11 is 0. The number of halogens is 3. The molecular weight excluding hydrogens is 451 g/mol. The van der Waals surface area contributed by atoms with Crippen LogP contribution in [0.2, 0.25) is 0 Å². The molecule has 0 bridgehead atoms. The fourth-order valence-electron chi connectivity index (χ4n) is 4.43. The highest BCUT2D eigenvalue weighted by atomic mass is 19.4. The van der Waals surface area contributed by atoms with Gasteiger partial charge in [0.1, 0.15) is 12.4 Å². The summed E-state index contributed by atoms with van der Waals surface area (Å²) in [5.41, 5.74) is 2.58. The number of hydrogen-bond donors (Lipinski definition) is 1. The Bertz CT molecular complexity index is 1340. The molecule has 178 valence electrons. The van der Waals surface area contributed by atoms with E-state index in [2.05, 4.69) is 15.5 Å². The first-order valence-electron chi connectivity index (χ1n) is 11.5. The van der Waals surface area contributed by atoms with Gasteiger partial charge in [-0.05, 0) is 30.3 Å². The molecule has 1 atom stereocenters. The van der Waals surface area contributed by atoms with Crippen molar-refractivity contribution in [3.63, 3.8) is 0 Å². The van der Waals surface area contributed by atoms with Gasteiger partial charge in [0, 0.05) is 17.7 Å². The van der Waals surface area contributed by atoms with Gasteiger partial charge in [-0.3, -0.25) is 9.56 Å². The van der Waals surface area contributed by atoms with Gasteiger partial charge >= 0.3 is 6.18 Å². The molecule has 0 saturated heterocycles. The summed E-state index contributed by atoms with van der Waals surface area (Å²) in [6.45, 7) is 3.62. The standard InChI is InChI=1S/C27H24F3N5/c1-2-31-16-22(18-9-5-3-6-10-18)26-34-33-24-17-32-25(19-11-7-4-8-12-19)21-15-20(27(28,29)30)13-14-23(21)35(24)26/h3-15,22,31H,2,16-17H2,1H3. The summed E-state index contributed by atoms with van der Waals surface area (Å²) in [5.74, 6) is 1.10. The molecule has 0 radical (unpaired) electrons. The number of benzene rings is 3. The van der Waals surface area contributed by atoms with Crippen molar-refractivity contribution in [3.8, 4) is 5.69 Å². The van der Waals surface area contributed by atoms with Gasteiger partial charge < -0.3 is 5.32 Å². The lowest BCUT2D eigenvalue weighted by Crippen LogP contribution is -2.25. The van der Waals surface area contributed by atoms with E-state index < -0.39 is 11.7 Å². The van der Waals surface area contributed by atoms with Crippen molar-refractivity contribution >= 4 is 5.71 Å². The summed E-state index contributed by atoms with van der Waals surface area (Å²) in [5, 5.41) is 12.3. The zero-order valence-corrected chi connectivity index (χ0v) is 19.1. The Morgan fingerprint density at radius 3 is 2.34 bits per heavy atom. The van der Waals surface area contributed by atoms with Gasteiger partial charge in [-0.25, -0.2) is 0 Å². The molecule has 1 unspecified atom stereocenters. The van der Waals surface area contributed by atoms with Crippen molar-refractivity contribution in [2.24, 2.45) is 4.99 Å². The first-order chi connectivity index (χ1) is 17.0. The second-order valence-electron chi connectivity index (χ2n) is 8.34. The maximum absolute atomic E-state index is 13.7. The maximum Gasteiger partial charge on any atom is 0.416 e. The highest BCUT2D eigenvalue weighted by Gasteiger charge is 2.34. The Kier molecular flexibility index (Phi) is 6.21. The molecular formula is C27H24F3N5. The van der Waals surface area contributed by atoms with Crippen molar-refractivity contribution in [1.29, 1.82) is 0 Å². The van der Waals surface area contributed by atoms with Crippen LogP contribution in [-0.2, 0) is 12.7 Å². The number of fused-ring (bicyclic) bond motifs is 3. The van der Waals surface area contributed by atoms with Crippen LogP contribution in [0.25, 0.3) is 5.69 Å². The van der Waals surface area contributed by atoms with Gasteiger partial charge in [0.2, 0.25) is 0 Å². The van der Waals surface area contributed by atoms with Crippen molar-refractivity contribution in [3.05, 3.63) is 113 Å². The summed E-state index contributed by atoms with van der Waals surface area (Å²) in [6, 6.07) is 23.0. The number of hydrogen-bond acceptors (Lipinski definition) is 4. The zero-order valence-electron chi connectivity index (χ0n) is 19.1. The molecule has 1 aromatic heterocycles. The molecule has 1 aliphatic rings. The van der Waals surface area contributed by atoms with Gasteiger partial charge in [-0.15, -0.1) is 10.2 Å². The van der Waals surface area contributed by atoms with E-state index in [0.29, 0.717) is 35.2 Å². The van der Waals surface area contributed by atoms with Gasteiger partial charge in [0.15, 0.2) is 5.82 Å². The third-order valence-electron chi connectivity index (χ3n) is 6.11. The number of nitrogens with zero attached hydrogens (tertiary/aromatic N) is 4. The lowest BCUT2D eigenvalue weighted by Gasteiger charge is -2.21. The molecule has 0 aliphatic carbocycles. The topological polar surface area (TPSA) is 55.1 Å². The van der Waals surface area contributed by atoms with Crippen LogP contribution in [0.1, 0.15) is 46.7 Å². The smallest absolute Gasteiger partial charge is 0.316 e. The quantitative estimate of drug-likeness (QED) is 0.408. The van der Waals surface area contributed by atoms with Crippen LogP contribution in [0.4, 0.5) is 13.2 Å². The van der Waals surface area contributed by atoms with Crippen LogP contribution in [0.5, 0.6) is 0 Å². The molecule has 3 aromatic carbocycles. The van der Waals surface area contributed by atoms with Gasteiger partial charge in [0.25, 0.3) is 0 Å². The van der Waals surface area contributed by atoms with E-state index >= 15 is 0 Å². The predicted molar refractivity (Wildman–Crippen MR) is 129 cm³/mol. The number of rotatable bonds is 6. The number of aliphatic imine (C=N–C) groups is 1. The fourth-order valence-corrected chi connectivity index (χ4v) is 4.43. The molecule has 4 aromatic rings. The average molecular weight is 476 g/mol. The molecule has 0 saturated carbocycles. The summed E-state index contributed by atoms with van der Waals surface area (Å²) in [4.78, 5) is 4.72. The van der Waals surface area contributed by atoms with Crippen molar-refractivity contribution in [2.75, 3.05) is 13.1 Å². The Labute approximate surface area is 201 Å². The van der Waals surface area contributed by atoms with E-state index in [1.165, 1.54) is 12.1 Å². The monoisotopic (exact) mass is 475 g/mol. The Balaban J connectivity index is 1.72. The van der Waals surface area contributed by atoms with E-state index in [1.54, 1.807) is 0 Å². The molecule has 0 spiro atoms. The first-order valence-corrected chi connectivity index (χ1v) is 11.5. The summed E-state index contributed by atoms with van der Waals surface area (Å²) in [6.07, 6.45) is -4.47. The SMILES string of the molecule is CCNCC(c1ccccc1)c1nnc2n1-c1ccc(C(F)(F)F)cc1C(c1ccccc1)=NC2. The number of aromatic nitrogens is 3. The van der Waals surface area contributed by atoms with Crippen LogP contribution in [0, 0.1) is 0 Å². The Morgan fingerprint density at radius 2 is 1.66 bits per heavy atom. The number of likely N-dealkylation sites (N-methyl/N-ethyl adjacent to an activating group) is 1. The first kappa shape index (κ1) is 23.0. The fraction of sp³-hybridized carbons (Fsp3) is 0.222. The minimum absolute atomic E-state index is 0.147.